The van der Waals surface area contributed by atoms with Gasteiger partial charge in [0.1, 0.15) is 0 Å². The van der Waals surface area contributed by atoms with Gasteiger partial charge in [-0.1, -0.05) is 13.8 Å². The molecule has 0 aliphatic heterocycles. The number of aromatic nitrogens is 2. The zero-order valence-electron chi connectivity index (χ0n) is 11.0. The Hall–Kier alpha value is -1.16. The molecule has 94 valence electrons. The summed E-state index contributed by atoms with van der Waals surface area (Å²) in [7, 11) is 0. The van der Waals surface area contributed by atoms with Gasteiger partial charge in [0.2, 0.25) is 5.95 Å². The van der Waals surface area contributed by atoms with Crippen molar-refractivity contribution in [1.29, 1.82) is 0 Å². The van der Waals surface area contributed by atoms with Crippen molar-refractivity contribution >= 4 is 5.95 Å². The zero-order valence-corrected chi connectivity index (χ0v) is 11.0. The second-order valence-corrected chi connectivity index (χ2v) is 5.48. The monoisotopic (exact) mass is 234 g/mol. The summed E-state index contributed by atoms with van der Waals surface area (Å²) in [5, 5.41) is 3.28. The zero-order chi connectivity index (χ0) is 12.5. The van der Waals surface area contributed by atoms with E-state index in [9.17, 15) is 0 Å². The summed E-state index contributed by atoms with van der Waals surface area (Å²) in [5.74, 6) is 1.14. The summed E-state index contributed by atoms with van der Waals surface area (Å²) < 4.78 is 0. The van der Waals surface area contributed by atoms with E-state index in [1.165, 1.54) is 6.42 Å². The fourth-order valence-corrected chi connectivity index (χ4v) is 2.03. The highest BCUT2D eigenvalue weighted by Gasteiger charge is 2.32. The third-order valence-electron chi connectivity index (χ3n) is 3.41. The van der Waals surface area contributed by atoms with E-state index in [-0.39, 0.29) is 5.54 Å². The first-order valence-corrected chi connectivity index (χ1v) is 6.37. The van der Waals surface area contributed by atoms with Crippen molar-refractivity contribution in [1.82, 2.24) is 9.97 Å². The van der Waals surface area contributed by atoms with E-state index in [1.807, 2.05) is 13.0 Å². The van der Waals surface area contributed by atoms with Crippen molar-refractivity contribution < 1.29 is 0 Å². The second kappa shape index (κ2) is 4.61. The third kappa shape index (κ3) is 2.94. The highest BCUT2D eigenvalue weighted by molar-refractivity contribution is 5.30. The average Bonchev–Trinajstić information content (AvgIpc) is 2.23. The number of hydrogen-bond donors (Lipinski definition) is 2. The van der Waals surface area contributed by atoms with Crippen molar-refractivity contribution in [2.45, 2.75) is 51.5 Å². The molecule has 4 heteroatoms. The van der Waals surface area contributed by atoms with Crippen molar-refractivity contribution in [3.8, 4) is 0 Å². The van der Waals surface area contributed by atoms with Crippen molar-refractivity contribution in [3.05, 3.63) is 17.5 Å². The Morgan fingerprint density at radius 1 is 1.41 bits per heavy atom. The molecule has 1 fully saturated rings. The van der Waals surface area contributed by atoms with Gasteiger partial charge in [-0.15, -0.1) is 0 Å². The van der Waals surface area contributed by atoms with Crippen LogP contribution >= 0.6 is 0 Å². The van der Waals surface area contributed by atoms with Crippen LogP contribution in [0.15, 0.2) is 6.07 Å². The quantitative estimate of drug-likeness (QED) is 0.838. The Morgan fingerprint density at radius 3 is 2.65 bits per heavy atom. The van der Waals surface area contributed by atoms with E-state index < -0.39 is 0 Å². The van der Waals surface area contributed by atoms with Gasteiger partial charge in [-0.3, -0.25) is 0 Å². The maximum absolute atomic E-state index is 6.17. The molecule has 0 bridgehead atoms. The Kier molecular flexibility index (Phi) is 3.33. The Bertz CT molecular complexity index is 396. The smallest absolute Gasteiger partial charge is 0.223 e. The molecule has 0 radical (unpaired) electrons. The van der Waals surface area contributed by atoms with E-state index in [0.717, 1.165) is 30.8 Å². The molecule has 1 saturated carbocycles. The second-order valence-electron chi connectivity index (χ2n) is 5.48. The fourth-order valence-electron chi connectivity index (χ4n) is 2.03. The predicted molar refractivity (Wildman–Crippen MR) is 70.1 cm³/mol. The first-order chi connectivity index (χ1) is 7.98. The van der Waals surface area contributed by atoms with E-state index in [0.29, 0.717) is 11.9 Å². The molecule has 3 N–H and O–H groups in total. The Labute approximate surface area is 103 Å². The van der Waals surface area contributed by atoms with Gasteiger partial charge in [0.15, 0.2) is 0 Å². The lowest BCUT2D eigenvalue weighted by molar-refractivity contribution is 0.265. The first kappa shape index (κ1) is 12.3. The molecule has 0 unspecified atom stereocenters. The van der Waals surface area contributed by atoms with Crippen LogP contribution in [0.5, 0.6) is 0 Å². The number of aryl methyl sites for hydroxylation is 1. The van der Waals surface area contributed by atoms with Crippen molar-refractivity contribution in [2.24, 2.45) is 5.73 Å². The van der Waals surface area contributed by atoms with Gasteiger partial charge in [-0.05, 0) is 38.2 Å². The molecule has 1 heterocycles. The molecule has 1 aliphatic carbocycles. The number of anilines is 1. The van der Waals surface area contributed by atoms with Gasteiger partial charge in [-0.25, -0.2) is 9.97 Å². The normalized spacial score (nSPS) is 17.9. The largest absolute Gasteiger partial charge is 0.352 e. The summed E-state index contributed by atoms with van der Waals surface area (Å²) in [4.78, 5) is 8.92. The minimum absolute atomic E-state index is 0.0366. The number of nitrogens with two attached hydrogens (primary N) is 1. The molecule has 0 saturated heterocycles. The molecule has 17 heavy (non-hydrogen) atoms. The molecule has 0 amide bonds. The van der Waals surface area contributed by atoms with E-state index in [2.05, 4.69) is 29.1 Å². The molecule has 4 nitrogen and oxygen atoms in total. The summed E-state index contributed by atoms with van der Waals surface area (Å²) in [6.45, 7) is 7.05. The summed E-state index contributed by atoms with van der Waals surface area (Å²) >= 11 is 0. The van der Waals surface area contributed by atoms with Gasteiger partial charge < -0.3 is 11.1 Å². The molecule has 1 aromatic rings. The van der Waals surface area contributed by atoms with Gasteiger partial charge in [0, 0.05) is 23.5 Å². The van der Waals surface area contributed by atoms with Crippen molar-refractivity contribution in [2.75, 3.05) is 11.9 Å². The van der Waals surface area contributed by atoms with Crippen LogP contribution in [-0.4, -0.2) is 22.1 Å². The molecule has 2 rings (SSSR count). The number of rotatable bonds is 4. The lowest BCUT2D eigenvalue weighted by Gasteiger charge is -2.38. The number of hydrogen-bond acceptors (Lipinski definition) is 4. The summed E-state index contributed by atoms with van der Waals surface area (Å²) in [6.07, 6.45) is 3.44. The van der Waals surface area contributed by atoms with E-state index in [4.69, 9.17) is 5.73 Å². The Morgan fingerprint density at radius 2 is 2.12 bits per heavy atom. The van der Waals surface area contributed by atoms with E-state index >= 15 is 0 Å². The minimum atomic E-state index is -0.0366. The third-order valence-corrected chi connectivity index (χ3v) is 3.41. The number of nitrogens with one attached hydrogen (secondary N) is 1. The van der Waals surface area contributed by atoms with Crippen LogP contribution in [0.2, 0.25) is 0 Å². The highest BCUT2D eigenvalue weighted by Crippen LogP contribution is 2.29. The average molecular weight is 234 g/mol. The molecular formula is C13H22N4. The van der Waals surface area contributed by atoms with Crippen LogP contribution in [0.4, 0.5) is 5.95 Å². The van der Waals surface area contributed by atoms with Crippen molar-refractivity contribution in [3.63, 3.8) is 0 Å². The fraction of sp³-hybridized carbons (Fsp3) is 0.692. The van der Waals surface area contributed by atoms with Gasteiger partial charge in [-0.2, -0.15) is 0 Å². The van der Waals surface area contributed by atoms with Crippen LogP contribution in [0.3, 0.4) is 0 Å². The maximum Gasteiger partial charge on any atom is 0.223 e. The molecule has 0 spiro atoms. The molecule has 1 aliphatic rings. The van der Waals surface area contributed by atoms with Gasteiger partial charge in [0.25, 0.3) is 0 Å². The van der Waals surface area contributed by atoms with E-state index in [1.54, 1.807) is 0 Å². The first-order valence-electron chi connectivity index (χ1n) is 6.37. The Balaban J connectivity index is 2.04. The lowest BCUT2D eigenvalue weighted by atomic mass is 9.78. The minimum Gasteiger partial charge on any atom is -0.352 e. The van der Waals surface area contributed by atoms with Crippen LogP contribution in [0.25, 0.3) is 0 Å². The summed E-state index contributed by atoms with van der Waals surface area (Å²) in [5.41, 5.74) is 8.22. The van der Waals surface area contributed by atoms with Crippen LogP contribution in [0, 0.1) is 6.92 Å². The molecular weight excluding hydrogens is 212 g/mol. The number of nitrogens with zero attached hydrogens (tertiary/aromatic N) is 2. The topological polar surface area (TPSA) is 63.8 Å². The lowest BCUT2D eigenvalue weighted by Crippen LogP contribution is -2.52. The SMILES string of the molecule is Cc1cc(C(C)C)nc(NCC2(N)CCC2)n1. The summed E-state index contributed by atoms with van der Waals surface area (Å²) in [6, 6.07) is 2.04. The van der Waals surface area contributed by atoms with Crippen LogP contribution in [0.1, 0.15) is 50.4 Å². The van der Waals surface area contributed by atoms with Crippen LogP contribution in [-0.2, 0) is 0 Å². The van der Waals surface area contributed by atoms with Crippen LogP contribution < -0.4 is 11.1 Å². The molecule has 1 aromatic heterocycles. The molecule has 0 aromatic carbocycles. The standard InChI is InChI=1S/C13H22N4/c1-9(2)11-7-10(3)16-12(17-11)15-8-13(14)5-4-6-13/h7,9H,4-6,8,14H2,1-3H3,(H,15,16,17). The van der Waals surface area contributed by atoms with Gasteiger partial charge in [0.05, 0.1) is 0 Å². The highest BCUT2D eigenvalue weighted by atomic mass is 15.1. The maximum atomic E-state index is 6.17. The van der Waals surface area contributed by atoms with Gasteiger partial charge >= 0.3 is 0 Å². The predicted octanol–water partition coefficient (Wildman–Crippen LogP) is 2.20. The molecule has 0 atom stereocenters.